The number of nitrogens with zero attached hydrogens (tertiary/aromatic N) is 5. The minimum atomic E-state index is -0.335. The summed E-state index contributed by atoms with van der Waals surface area (Å²) in [4.78, 5) is 33.4. The normalized spacial score (nSPS) is 17.6. The van der Waals surface area contributed by atoms with Crippen LogP contribution in [0, 0.1) is 18.3 Å². The van der Waals surface area contributed by atoms with Gasteiger partial charge in [0.25, 0.3) is 11.5 Å². The van der Waals surface area contributed by atoms with Gasteiger partial charge in [-0.25, -0.2) is 0 Å². The molecule has 0 spiro atoms. The molecule has 1 amide bonds. The zero-order chi connectivity index (χ0) is 27.7. The molecule has 3 heterocycles. The third kappa shape index (κ3) is 4.98. The summed E-state index contributed by atoms with van der Waals surface area (Å²) in [6.45, 7) is 6.70. The van der Waals surface area contributed by atoms with E-state index in [1.165, 1.54) is 17.4 Å². The molecule has 1 atom stereocenters. The van der Waals surface area contributed by atoms with E-state index in [0.717, 1.165) is 18.7 Å². The number of carbonyl (C=O) groups is 1. The van der Waals surface area contributed by atoms with Gasteiger partial charge in [0.05, 0.1) is 10.9 Å². The van der Waals surface area contributed by atoms with E-state index in [2.05, 4.69) is 28.0 Å². The molecule has 198 valence electrons. The lowest BCUT2D eigenvalue weighted by Crippen LogP contribution is -2.48. The van der Waals surface area contributed by atoms with Gasteiger partial charge < -0.3 is 9.80 Å². The van der Waals surface area contributed by atoms with Crippen LogP contribution >= 0.6 is 24.0 Å². The zero-order valence-electron chi connectivity index (χ0n) is 22.1. The van der Waals surface area contributed by atoms with Crippen molar-refractivity contribution < 1.29 is 4.79 Å². The first-order valence-electron chi connectivity index (χ1n) is 12.8. The summed E-state index contributed by atoms with van der Waals surface area (Å²) in [5.74, 6) is 0.540. The molecule has 1 aromatic heterocycles. The van der Waals surface area contributed by atoms with Crippen molar-refractivity contribution in [1.29, 1.82) is 5.26 Å². The Labute approximate surface area is 237 Å². The predicted molar refractivity (Wildman–Crippen MR) is 162 cm³/mol. The van der Waals surface area contributed by atoms with Crippen LogP contribution in [0.5, 0.6) is 0 Å². The molecule has 39 heavy (non-hydrogen) atoms. The number of para-hydroxylation sites is 1. The quantitative estimate of drug-likeness (QED) is 0.329. The van der Waals surface area contributed by atoms with Crippen LogP contribution in [0.2, 0.25) is 0 Å². The molecule has 0 bridgehead atoms. The van der Waals surface area contributed by atoms with Gasteiger partial charge in [-0.1, -0.05) is 72.5 Å². The van der Waals surface area contributed by atoms with Crippen LogP contribution < -0.4 is 15.4 Å². The Bertz CT molecular complexity index is 1550. The number of thiocarbonyl (C=S) groups is 1. The van der Waals surface area contributed by atoms with Gasteiger partial charge in [-0.2, -0.15) is 5.26 Å². The van der Waals surface area contributed by atoms with Gasteiger partial charge in [0.2, 0.25) is 0 Å². The molecule has 2 aliphatic rings. The number of rotatable bonds is 5. The minimum absolute atomic E-state index is 0.0866. The third-order valence-corrected chi connectivity index (χ3v) is 8.77. The first-order chi connectivity index (χ1) is 18.8. The average Bonchev–Trinajstić information content (AvgIpc) is 3.25. The summed E-state index contributed by atoms with van der Waals surface area (Å²) in [6, 6.07) is 21.9. The van der Waals surface area contributed by atoms with Crippen molar-refractivity contribution in [1.82, 2.24) is 9.47 Å². The van der Waals surface area contributed by atoms with Gasteiger partial charge in [-0.3, -0.25) is 19.1 Å². The highest BCUT2D eigenvalue weighted by atomic mass is 32.2. The molecule has 2 saturated heterocycles. The topological polar surface area (TPSA) is 72.6 Å². The van der Waals surface area contributed by atoms with Gasteiger partial charge in [0.15, 0.2) is 0 Å². The molecule has 0 N–H and O–H groups in total. The van der Waals surface area contributed by atoms with Crippen molar-refractivity contribution in [3.63, 3.8) is 0 Å². The molecule has 2 fully saturated rings. The second-order valence-corrected chi connectivity index (χ2v) is 11.3. The number of anilines is 2. The standard InChI is InChI=1S/C30H29N5O2S2/c1-20-24(18-26-29(37)35(30(38)39-26)21(2)22-10-6-4-7-11-22)27(32(3)28(36)25(20)19-31)34-16-14-33(15-17-34)23-12-8-5-9-13-23/h4-13,18,21H,14-17H2,1-3H3. The number of hydrogen-bond acceptors (Lipinski definition) is 7. The van der Waals surface area contributed by atoms with E-state index in [-0.39, 0.29) is 23.1 Å². The number of benzene rings is 2. The molecule has 2 aliphatic heterocycles. The number of aromatic nitrogens is 1. The van der Waals surface area contributed by atoms with Gasteiger partial charge in [-0.05, 0) is 43.2 Å². The van der Waals surface area contributed by atoms with Crippen LogP contribution in [0.1, 0.15) is 35.2 Å². The Balaban J connectivity index is 1.52. The number of carbonyl (C=O) groups excluding carboxylic acids is 1. The molecule has 5 rings (SSSR count). The van der Waals surface area contributed by atoms with E-state index in [4.69, 9.17) is 12.2 Å². The maximum absolute atomic E-state index is 13.6. The largest absolute Gasteiger partial charge is 0.368 e. The number of hydrogen-bond donors (Lipinski definition) is 0. The lowest BCUT2D eigenvalue weighted by Gasteiger charge is -2.38. The van der Waals surface area contributed by atoms with E-state index >= 15 is 0 Å². The number of amides is 1. The Morgan fingerprint density at radius 1 is 0.974 bits per heavy atom. The Morgan fingerprint density at radius 2 is 1.56 bits per heavy atom. The van der Waals surface area contributed by atoms with Crippen LogP contribution in [-0.4, -0.2) is 45.9 Å². The van der Waals surface area contributed by atoms with E-state index in [0.29, 0.717) is 39.3 Å². The molecule has 0 saturated carbocycles. The van der Waals surface area contributed by atoms with Gasteiger partial charge in [0.1, 0.15) is 21.8 Å². The molecule has 7 nitrogen and oxygen atoms in total. The summed E-state index contributed by atoms with van der Waals surface area (Å²) in [5, 5.41) is 9.80. The molecular weight excluding hydrogens is 526 g/mol. The van der Waals surface area contributed by atoms with E-state index < -0.39 is 0 Å². The molecule has 0 radical (unpaired) electrons. The minimum Gasteiger partial charge on any atom is -0.368 e. The molecule has 2 aromatic carbocycles. The van der Waals surface area contributed by atoms with Crippen molar-refractivity contribution in [3.8, 4) is 6.07 Å². The van der Waals surface area contributed by atoms with Crippen LogP contribution in [-0.2, 0) is 11.8 Å². The van der Waals surface area contributed by atoms with Crippen LogP contribution in [0.25, 0.3) is 6.08 Å². The predicted octanol–water partition coefficient (Wildman–Crippen LogP) is 4.85. The highest BCUT2D eigenvalue weighted by Crippen LogP contribution is 2.39. The van der Waals surface area contributed by atoms with Crippen molar-refractivity contribution in [2.24, 2.45) is 7.05 Å². The highest BCUT2D eigenvalue weighted by molar-refractivity contribution is 8.26. The lowest BCUT2D eigenvalue weighted by atomic mass is 10.0. The van der Waals surface area contributed by atoms with Gasteiger partial charge >= 0.3 is 0 Å². The summed E-state index contributed by atoms with van der Waals surface area (Å²) in [7, 11) is 1.70. The Kier molecular flexibility index (Phi) is 7.60. The maximum Gasteiger partial charge on any atom is 0.270 e. The number of nitriles is 1. The van der Waals surface area contributed by atoms with E-state index in [9.17, 15) is 14.9 Å². The summed E-state index contributed by atoms with van der Waals surface area (Å²) in [6.07, 6.45) is 1.81. The third-order valence-electron chi connectivity index (χ3n) is 7.44. The number of piperazine rings is 1. The highest BCUT2D eigenvalue weighted by Gasteiger charge is 2.36. The SMILES string of the molecule is Cc1c(C=C2SC(=S)N(C(C)c3ccccc3)C2=O)c(N2CCN(c3ccccc3)CC2)n(C)c(=O)c1C#N. The van der Waals surface area contributed by atoms with Crippen LogP contribution in [0.15, 0.2) is 70.4 Å². The fourth-order valence-corrected chi connectivity index (χ4v) is 6.64. The van der Waals surface area contributed by atoms with E-state index in [1.54, 1.807) is 23.4 Å². The van der Waals surface area contributed by atoms with Gasteiger partial charge in [0, 0.05) is 44.5 Å². The molecule has 9 heteroatoms. The zero-order valence-corrected chi connectivity index (χ0v) is 23.8. The maximum atomic E-state index is 13.6. The lowest BCUT2D eigenvalue weighted by molar-refractivity contribution is -0.123. The fraction of sp³-hybridized carbons (Fsp3) is 0.267. The first-order valence-corrected chi connectivity index (χ1v) is 14.0. The molecular formula is C30H29N5O2S2. The summed E-state index contributed by atoms with van der Waals surface area (Å²) >= 11 is 6.89. The van der Waals surface area contributed by atoms with Crippen molar-refractivity contribution in [2.75, 3.05) is 36.0 Å². The monoisotopic (exact) mass is 555 g/mol. The average molecular weight is 556 g/mol. The van der Waals surface area contributed by atoms with Crippen LogP contribution in [0.4, 0.5) is 11.5 Å². The van der Waals surface area contributed by atoms with E-state index in [1.807, 2.05) is 61.5 Å². The smallest absolute Gasteiger partial charge is 0.270 e. The Hall–Kier alpha value is -3.87. The molecule has 1 unspecified atom stereocenters. The van der Waals surface area contributed by atoms with Gasteiger partial charge in [-0.15, -0.1) is 0 Å². The number of pyridine rings is 1. The van der Waals surface area contributed by atoms with Crippen molar-refractivity contribution >= 4 is 51.8 Å². The second-order valence-electron chi connectivity index (χ2n) is 9.66. The fourth-order valence-electron chi connectivity index (χ4n) is 5.23. The summed E-state index contributed by atoms with van der Waals surface area (Å²) < 4.78 is 2.03. The second kappa shape index (κ2) is 11.1. The van der Waals surface area contributed by atoms with Crippen molar-refractivity contribution in [2.45, 2.75) is 19.9 Å². The molecule has 0 aliphatic carbocycles. The van der Waals surface area contributed by atoms with Crippen molar-refractivity contribution in [3.05, 3.63) is 98.2 Å². The Morgan fingerprint density at radius 3 is 2.18 bits per heavy atom. The number of thioether (sulfide) groups is 1. The summed E-state index contributed by atoms with van der Waals surface area (Å²) in [5.41, 5.74) is 3.19. The van der Waals surface area contributed by atoms with Crippen LogP contribution in [0.3, 0.4) is 0 Å². The first kappa shape index (κ1) is 26.7. The molecule has 3 aromatic rings.